The van der Waals surface area contributed by atoms with Crippen LogP contribution in [-0.2, 0) is 28.6 Å². The largest absolute Gasteiger partial charge is 0.462 e. The fourth-order valence-electron chi connectivity index (χ4n) is 11.4. The standard InChI is InChI=1S/C75H142O6/c1-4-7-10-13-16-18-20-22-24-26-28-30-32-34-35-36-37-38-39-40-42-43-45-47-49-51-53-55-57-59-62-65-68-74(77)80-71-72(70-79-73(76)67-64-61-15-12-9-6-3)81-75(78)69-66-63-60-58-56-54-52-50-48-46-44-41-33-31-29-27-25-23-21-19-17-14-11-8-5-2/h21,23,27,29,72H,4-20,22,24-26,28,30-71H2,1-3H3/b23-21-,29-27-. The molecule has 0 aliphatic heterocycles. The lowest BCUT2D eigenvalue weighted by Crippen LogP contribution is -2.30. The lowest BCUT2D eigenvalue weighted by Gasteiger charge is -2.18. The van der Waals surface area contributed by atoms with E-state index in [1.807, 2.05) is 0 Å². The Morgan fingerprint density at radius 3 is 0.679 bits per heavy atom. The van der Waals surface area contributed by atoms with Crippen molar-refractivity contribution in [3.63, 3.8) is 0 Å². The summed E-state index contributed by atoms with van der Waals surface area (Å²) in [4.78, 5) is 38.1. The zero-order valence-corrected chi connectivity index (χ0v) is 55.1. The van der Waals surface area contributed by atoms with Crippen LogP contribution < -0.4 is 0 Å². The van der Waals surface area contributed by atoms with Gasteiger partial charge in [0.05, 0.1) is 0 Å². The van der Waals surface area contributed by atoms with E-state index in [1.54, 1.807) is 0 Å². The summed E-state index contributed by atoms with van der Waals surface area (Å²) in [6.45, 7) is 6.65. The Labute approximate surface area is 506 Å². The fourth-order valence-corrected chi connectivity index (χ4v) is 11.4. The molecule has 6 nitrogen and oxygen atoms in total. The third-order valence-corrected chi connectivity index (χ3v) is 17.0. The Kier molecular flexibility index (Phi) is 68.5. The second kappa shape index (κ2) is 70.4. The highest BCUT2D eigenvalue weighted by Gasteiger charge is 2.19. The smallest absolute Gasteiger partial charge is 0.306 e. The molecule has 0 spiro atoms. The van der Waals surface area contributed by atoms with Gasteiger partial charge in [0, 0.05) is 19.3 Å². The van der Waals surface area contributed by atoms with Gasteiger partial charge in [0.1, 0.15) is 13.2 Å². The average Bonchev–Trinajstić information content (AvgIpc) is 3.47. The van der Waals surface area contributed by atoms with Gasteiger partial charge in [-0.05, 0) is 51.4 Å². The molecule has 1 atom stereocenters. The summed E-state index contributed by atoms with van der Waals surface area (Å²) in [5.74, 6) is -0.848. The van der Waals surface area contributed by atoms with Crippen molar-refractivity contribution in [3.05, 3.63) is 24.3 Å². The predicted octanol–water partition coefficient (Wildman–Crippen LogP) is 25.3. The van der Waals surface area contributed by atoms with Crippen LogP contribution in [0.4, 0.5) is 0 Å². The summed E-state index contributed by atoms with van der Waals surface area (Å²) < 4.78 is 16.9. The number of unbranched alkanes of at least 4 members (excludes halogenated alkanes) is 54. The van der Waals surface area contributed by atoms with E-state index in [4.69, 9.17) is 14.2 Å². The summed E-state index contributed by atoms with van der Waals surface area (Å²) in [6.07, 6.45) is 87.0. The number of esters is 3. The molecule has 0 aromatic rings. The van der Waals surface area contributed by atoms with Crippen LogP contribution in [0, 0.1) is 0 Å². The first-order valence-corrected chi connectivity index (χ1v) is 36.8. The van der Waals surface area contributed by atoms with Crippen LogP contribution in [0.1, 0.15) is 419 Å². The summed E-state index contributed by atoms with van der Waals surface area (Å²) in [5, 5.41) is 0. The molecule has 478 valence electrons. The minimum atomic E-state index is -0.766. The van der Waals surface area contributed by atoms with Gasteiger partial charge in [-0.1, -0.05) is 373 Å². The molecule has 0 radical (unpaired) electrons. The van der Waals surface area contributed by atoms with Gasteiger partial charge in [-0.25, -0.2) is 0 Å². The van der Waals surface area contributed by atoms with E-state index in [9.17, 15) is 14.4 Å². The molecule has 81 heavy (non-hydrogen) atoms. The number of hydrogen-bond acceptors (Lipinski definition) is 6. The summed E-state index contributed by atoms with van der Waals surface area (Å²) in [7, 11) is 0. The van der Waals surface area contributed by atoms with Crippen molar-refractivity contribution in [2.45, 2.75) is 425 Å². The molecule has 0 amide bonds. The van der Waals surface area contributed by atoms with Gasteiger partial charge in [0.25, 0.3) is 0 Å². The minimum Gasteiger partial charge on any atom is -0.462 e. The quantitative estimate of drug-likeness (QED) is 0.0261. The lowest BCUT2D eigenvalue weighted by molar-refractivity contribution is -0.167. The molecule has 0 rings (SSSR count). The summed E-state index contributed by atoms with van der Waals surface area (Å²) >= 11 is 0. The van der Waals surface area contributed by atoms with E-state index in [-0.39, 0.29) is 31.1 Å². The number of allylic oxidation sites excluding steroid dienone is 4. The minimum absolute atomic E-state index is 0.0657. The predicted molar refractivity (Wildman–Crippen MR) is 353 cm³/mol. The molecule has 0 aromatic heterocycles. The van der Waals surface area contributed by atoms with E-state index in [0.29, 0.717) is 19.3 Å². The summed E-state index contributed by atoms with van der Waals surface area (Å²) in [5.41, 5.74) is 0. The number of ether oxygens (including phenoxy) is 3. The van der Waals surface area contributed by atoms with Crippen LogP contribution in [0.25, 0.3) is 0 Å². The van der Waals surface area contributed by atoms with E-state index in [2.05, 4.69) is 45.1 Å². The van der Waals surface area contributed by atoms with Crippen LogP contribution in [-0.4, -0.2) is 37.2 Å². The van der Waals surface area contributed by atoms with Crippen LogP contribution in [0.15, 0.2) is 24.3 Å². The molecule has 0 saturated heterocycles. The molecule has 0 bridgehead atoms. The highest BCUT2D eigenvalue weighted by molar-refractivity contribution is 5.71. The number of rotatable bonds is 69. The van der Waals surface area contributed by atoms with E-state index in [1.165, 1.54) is 315 Å². The number of hydrogen-bond donors (Lipinski definition) is 0. The molecule has 0 heterocycles. The van der Waals surface area contributed by atoms with Gasteiger partial charge in [-0.3, -0.25) is 14.4 Å². The molecular formula is C75H142O6. The average molecular weight is 1140 g/mol. The Bertz CT molecular complexity index is 1310. The van der Waals surface area contributed by atoms with Crippen molar-refractivity contribution >= 4 is 17.9 Å². The van der Waals surface area contributed by atoms with E-state index < -0.39 is 6.10 Å². The number of carbonyl (C=O) groups is 3. The zero-order valence-electron chi connectivity index (χ0n) is 55.1. The number of carbonyl (C=O) groups excluding carboxylic acids is 3. The van der Waals surface area contributed by atoms with E-state index in [0.717, 1.165) is 64.2 Å². The van der Waals surface area contributed by atoms with Crippen molar-refractivity contribution in [1.29, 1.82) is 0 Å². The first-order chi connectivity index (χ1) is 40.0. The van der Waals surface area contributed by atoms with Gasteiger partial charge in [0.15, 0.2) is 6.10 Å². The molecule has 0 aliphatic carbocycles. The van der Waals surface area contributed by atoms with Gasteiger partial charge < -0.3 is 14.2 Å². The van der Waals surface area contributed by atoms with Crippen LogP contribution in [0.2, 0.25) is 0 Å². The Morgan fingerprint density at radius 2 is 0.444 bits per heavy atom. The van der Waals surface area contributed by atoms with Crippen molar-refractivity contribution in [3.8, 4) is 0 Å². The molecule has 0 N–H and O–H groups in total. The van der Waals surface area contributed by atoms with Crippen molar-refractivity contribution in [2.24, 2.45) is 0 Å². The zero-order chi connectivity index (χ0) is 58.5. The molecule has 1 unspecified atom stereocenters. The SMILES string of the molecule is CCCCCCC/C=C\C/C=C\CCCCCCCCCCCCCCCC(=O)OC(COC(=O)CCCCCCCC)COC(=O)CCCCCCCCCCCCCCCCCCCCCCCCCCCCCCCCCC. The van der Waals surface area contributed by atoms with Crippen LogP contribution >= 0.6 is 0 Å². The maximum atomic E-state index is 12.9. The second-order valence-electron chi connectivity index (χ2n) is 25.2. The topological polar surface area (TPSA) is 78.9 Å². The second-order valence-corrected chi connectivity index (χ2v) is 25.2. The van der Waals surface area contributed by atoms with E-state index >= 15 is 0 Å². The molecular weight excluding hydrogens is 997 g/mol. The molecule has 0 saturated carbocycles. The highest BCUT2D eigenvalue weighted by atomic mass is 16.6. The van der Waals surface area contributed by atoms with Crippen molar-refractivity contribution in [1.82, 2.24) is 0 Å². The summed E-state index contributed by atoms with van der Waals surface area (Å²) in [6, 6.07) is 0. The third kappa shape index (κ3) is 68.6. The van der Waals surface area contributed by atoms with Gasteiger partial charge in [0.2, 0.25) is 0 Å². The Hall–Kier alpha value is -2.11. The molecule has 0 fully saturated rings. The Balaban J connectivity index is 3.92. The maximum absolute atomic E-state index is 12.9. The monoisotopic (exact) mass is 1140 g/mol. The van der Waals surface area contributed by atoms with Gasteiger partial charge in [-0.2, -0.15) is 0 Å². The first-order valence-electron chi connectivity index (χ1n) is 36.8. The molecule has 0 aliphatic rings. The first kappa shape index (κ1) is 78.9. The molecule has 0 aromatic carbocycles. The van der Waals surface area contributed by atoms with Crippen LogP contribution in [0.3, 0.4) is 0 Å². The van der Waals surface area contributed by atoms with Crippen LogP contribution in [0.5, 0.6) is 0 Å². The van der Waals surface area contributed by atoms with Crippen molar-refractivity contribution < 1.29 is 28.6 Å². The van der Waals surface area contributed by atoms with Gasteiger partial charge >= 0.3 is 17.9 Å². The van der Waals surface area contributed by atoms with Crippen molar-refractivity contribution in [2.75, 3.05) is 13.2 Å². The molecule has 6 heteroatoms. The third-order valence-electron chi connectivity index (χ3n) is 17.0. The Morgan fingerprint density at radius 1 is 0.247 bits per heavy atom. The van der Waals surface area contributed by atoms with Gasteiger partial charge in [-0.15, -0.1) is 0 Å². The normalized spacial score (nSPS) is 12.1. The maximum Gasteiger partial charge on any atom is 0.306 e. The fraction of sp³-hybridized carbons (Fsp3) is 0.907. The highest BCUT2D eigenvalue weighted by Crippen LogP contribution is 2.19. The lowest BCUT2D eigenvalue weighted by atomic mass is 10.0.